The highest BCUT2D eigenvalue weighted by Gasteiger charge is 2.47. The maximum absolute atomic E-state index is 11.9. The topological polar surface area (TPSA) is 56.3 Å². The van der Waals surface area contributed by atoms with Gasteiger partial charge in [0, 0.05) is 18.1 Å². The van der Waals surface area contributed by atoms with Gasteiger partial charge in [0.25, 0.3) is 5.56 Å². The van der Waals surface area contributed by atoms with Gasteiger partial charge in [0.05, 0.1) is 5.60 Å². The number of piperidine rings is 1. The Balaban J connectivity index is 1.50. The lowest BCUT2D eigenvalue weighted by atomic mass is 9.89. The van der Waals surface area contributed by atoms with Crippen LogP contribution in [0.3, 0.4) is 0 Å². The predicted molar refractivity (Wildman–Crippen MR) is 86.8 cm³/mol. The Bertz CT molecular complexity index is 740. The van der Waals surface area contributed by atoms with Crippen molar-refractivity contribution < 1.29 is 5.11 Å². The van der Waals surface area contributed by atoms with Gasteiger partial charge in [-0.3, -0.25) is 9.69 Å². The second-order valence-corrected chi connectivity index (χ2v) is 6.84. The zero-order chi connectivity index (χ0) is 15.2. The van der Waals surface area contributed by atoms with Crippen molar-refractivity contribution in [3.05, 3.63) is 46.4 Å². The number of nitrogens with zero attached hydrogens (tertiary/aromatic N) is 1. The molecule has 2 aliphatic rings. The first-order valence-corrected chi connectivity index (χ1v) is 8.20. The average molecular weight is 298 g/mol. The van der Waals surface area contributed by atoms with Crippen molar-refractivity contribution in [1.82, 2.24) is 9.88 Å². The summed E-state index contributed by atoms with van der Waals surface area (Å²) >= 11 is 0. The summed E-state index contributed by atoms with van der Waals surface area (Å²) in [5.74, 6) is 0.482. The van der Waals surface area contributed by atoms with Crippen LogP contribution in [-0.2, 0) is 6.54 Å². The number of fused-ring (bicyclic) bond motifs is 1. The van der Waals surface area contributed by atoms with Crippen LogP contribution in [0.5, 0.6) is 0 Å². The molecule has 4 heteroatoms. The summed E-state index contributed by atoms with van der Waals surface area (Å²) in [6.45, 7) is 2.92. The lowest BCUT2D eigenvalue weighted by molar-refractivity contribution is 0.0376. The zero-order valence-electron chi connectivity index (χ0n) is 12.7. The standard InChI is InChI=1S/C18H22N2O2/c21-17-16-4-2-1-3-15(16)13(11-19-17)12-20-9-5-14(6-10-20)18(22)7-8-18/h1-4,11,14,22H,5-10,12H2,(H,19,21). The number of hydrogen-bond donors (Lipinski definition) is 2. The van der Waals surface area contributed by atoms with Gasteiger partial charge in [-0.05, 0) is 61.7 Å². The summed E-state index contributed by atoms with van der Waals surface area (Å²) in [6.07, 6.45) is 5.99. The van der Waals surface area contributed by atoms with Gasteiger partial charge in [0.1, 0.15) is 0 Å². The summed E-state index contributed by atoms with van der Waals surface area (Å²) in [4.78, 5) is 17.2. The first-order chi connectivity index (χ1) is 10.7. The molecular weight excluding hydrogens is 276 g/mol. The number of aliphatic hydroxyl groups is 1. The molecule has 1 aliphatic heterocycles. The van der Waals surface area contributed by atoms with Crippen LogP contribution in [0, 0.1) is 5.92 Å². The van der Waals surface area contributed by atoms with Crippen LogP contribution in [0.1, 0.15) is 31.2 Å². The van der Waals surface area contributed by atoms with E-state index in [1.807, 2.05) is 30.5 Å². The largest absolute Gasteiger partial charge is 0.390 e. The molecule has 0 atom stereocenters. The third-order valence-electron chi connectivity index (χ3n) is 5.40. The molecule has 1 saturated heterocycles. The average Bonchev–Trinajstić information content (AvgIpc) is 3.30. The molecule has 0 spiro atoms. The Morgan fingerprint density at radius 2 is 1.86 bits per heavy atom. The molecule has 2 fully saturated rings. The zero-order valence-corrected chi connectivity index (χ0v) is 12.7. The fourth-order valence-corrected chi connectivity index (χ4v) is 3.81. The molecule has 1 saturated carbocycles. The number of benzene rings is 1. The first-order valence-electron chi connectivity index (χ1n) is 8.20. The van der Waals surface area contributed by atoms with E-state index in [-0.39, 0.29) is 11.2 Å². The molecule has 2 heterocycles. The summed E-state index contributed by atoms with van der Waals surface area (Å²) in [5.41, 5.74) is 0.823. The second kappa shape index (κ2) is 5.21. The van der Waals surface area contributed by atoms with Crippen molar-refractivity contribution in [2.75, 3.05) is 13.1 Å². The van der Waals surface area contributed by atoms with Gasteiger partial charge in [-0.15, -0.1) is 0 Å². The van der Waals surface area contributed by atoms with Crippen LogP contribution in [0.2, 0.25) is 0 Å². The smallest absolute Gasteiger partial charge is 0.255 e. The highest BCUT2D eigenvalue weighted by Crippen LogP contribution is 2.46. The van der Waals surface area contributed by atoms with Crippen molar-refractivity contribution in [2.24, 2.45) is 5.92 Å². The molecule has 0 bridgehead atoms. The number of pyridine rings is 1. The molecule has 2 N–H and O–H groups in total. The number of likely N-dealkylation sites (tertiary alicyclic amines) is 1. The Morgan fingerprint density at radius 3 is 2.55 bits per heavy atom. The van der Waals surface area contributed by atoms with Crippen LogP contribution in [0.25, 0.3) is 10.8 Å². The van der Waals surface area contributed by atoms with Crippen molar-refractivity contribution in [1.29, 1.82) is 0 Å². The maximum Gasteiger partial charge on any atom is 0.255 e. The fraction of sp³-hybridized carbons (Fsp3) is 0.500. The maximum atomic E-state index is 11.9. The van der Waals surface area contributed by atoms with E-state index in [9.17, 15) is 9.90 Å². The van der Waals surface area contributed by atoms with Crippen molar-refractivity contribution in [3.8, 4) is 0 Å². The van der Waals surface area contributed by atoms with Gasteiger partial charge in [-0.2, -0.15) is 0 Å². The molecule has 0 amide bonds. The Morgan fingerprint density at radius 1 is 1.18 bits per heavy atom. The van der Waals surface area contributed by atoms with E-state index >= 15 is 0 Å². The van der Waals surface area contributed by atoms with E-state index in [4.69, 9.17) is 0 Å². The monoisotopic (exact) mass is 298 g/mol. The lowest BCUT2D eigenvalue weighted by Crippen LogP contribution is -2.38. The molecule has 1 aromatic heterocycles. The fourth-order valence-electron chi connectivity index (χ4n) is 3.81. The van der Waals surface area contributed by atoms with Crippen LogP contribution in [0.4, 0.5) is 0 Å². The van der Waals surface area contributed by atoms with Crippen LogP contribution >= 0.6 is 0 Å². The summed E-state index contributed by atoms with van der Waals surface area (Å²) in [7, 11) is 0. The summed E-state index contributed by atoms with van der Waals surface area (Å²) in [5, 5.41) is 12.1. The SMILES string of the molecule is O=c1[nH]cc(CN2CCC(C3(O)CC3)CC2)c2ccccc12. The van der Waals surface area contributed by atoms with Gasteiger partial charge < -0.3 is 10.1 Å². The van der Waals surface area contributed by atoms with Crippen molar-refractivity contribution >= 4 is 10.8 Å². The number of aromatic nitrogens is 1. The van der Waals surface area contributed by atoms with Crippen LogP contribution < -0.4 is 5.56 Å². The number of nitrogens with one attached hydrogen (secondary N) is 1. The molecule has 4 nitrogen and oxygen atoms in total. The minimum absolute atomic E-state index is 0.0194. The molecule has 1 aliphatic carbocycles. The normalized spacial score (nSPS) is 22.0. The lowest BCUT2D eigenvalue weighted by Gasteiger charge is -2.34. The third-order valence-corrected chi connectivity index (χ3v) is 5.40. The second-order valence-electron chi connectivity index (χ2n) is 6.84. The van der Waals surface area contributed by atoms with Gasteiger partial charge in [-0.1, -0.05) is 18.2 Å². The molecule has 1 aromatic carbocycles. The van der Waals surface area contributed by atoms with Crippen molar-refractivity contribution in [3.63, 3.8) is 0 Å². The summed E-state index contributed by atoms with van der Waals surface area (Å²) in [6, 6.07) is 7.80. The molecule has 4 rings (SSSR count). The van der Waals surface area contributed by atoms with Gasteiger partial charge >= 0.3 is 0 Å². The number of H-pyrrole nitrogens is 1. The molecule has 116 valence electrons. The molecule has 0 unspecified atom stereocenters. The molecule has 2 aromatic rings. The highest BCUT2D eigenvalue weighted by molar-refractivity contribution is 5.84. The number of rotatable bonds is 3. The van der Waals surface area contributed by atoms with Gasteiger partial charge in [0.15, 0.2) is 0 Å². The van der Waals surface area contributed by atoms with E-state index in [1.165, 1.54) is 5.56 Å². The van der Waals surface area contributed by atoms with E-state index in [1.54, 1.807) is 0 Å². The van der Waals surface area contributed by atoms with E-state index < -0.39 is 0 Å². The molecular formula is C18H22N2O2. The van der Waals surface area contributed by atoms with Gasteiger partial charge in [0.2, 0.25) is 0 Å². The van der Waals surface area contributed by atoms with E-state index in [0.717, 1.165) is 56.1 Å². The highest BCUT2D eigenvalue weighted by atomic mass is 16.3. The minimum atomic E-state index is -0.337. The Kier molecular flexibility index (Phi) is 3.31. The Labute approximate surface area is 129 Å². The summed E-state index contributed by atoms with van der Waals surface area (Å²) < 4.78 is 0. The van der Waals surface area contributed by atoms with Crippen LogP contribution in [0.15, 0.2) is 35.3 Å². The third kappa shape index (κ3) is 2.46. The van der Waals surface area contributed by atoms with Crippen LogP contribution in [-0.4, -0.2) is 33.7 Å². The van der Waals surface area contributed by atoms with Gasteiger partial charge in [-0.25, -0.2) is 0 Å². The number of hydrogen-bond acceptors (Lipinski definition) is 3. The molecule has 0 radical (unpaired) electrons. The minimum Gasteiger partial charge on any atom is -0.390 e. The number of aromatic amines is 1. The quantitative estimate of drug-likeness (QED) is 0.914. The van der Waals surface area contributed by atoms with E-state index in [0.29, 0.717) is 5.92 Å². The first kappa shape index (κ1) is 14.0. The Hall–Kier alpha value is -1.65. The van der Waals surface area contributed by atoms with Crippen molar-refractivity contribution in [2.45, 2.75) is 37.8 Å². The molecule has 22 heavy (non-hydrogen) atoms. The predicted octanol–water partition coefficient (Wildman–Crippen LogP) is 2.26. The van der Waals surface area contributed by atoms with E-state index in [2.05, 4.69) is 9.88 Å².